The molecule has 0 bridgehead atoms. The van der Waals surface area contributed by atoms with Crippen LogP contribution < -0.4 is 5.73 Å². The lowest BCUT2D eigenvalue weighted by Crippen LogP contribution is -2.04. The van der Waals surface area contributed by atoms with Gasteiger partial charge in [0.15, 0.2) is 0 Å². The van der Waals surface area contributed by atoms with E-state index in [1.165, 1.54) is 5.56 Å². The van der Waals surface area contributed by atoms with Crippen LogP contribution in [0, 0.1) is 6.92 Å². The molecule has 60 valence electrons. The first-order chi connectivity index (χ1) is 5.24. The summed E-state index contributed by atoms with van der Waals surface area (Å²) in [4.78, 5) is 4.10. The van der Waals surface area contributed by atoms with E-state index >= 15 is 0 Å². The molecule has 0 amide bonds. The molecule has 3 heteroatoms. The molecule has 1 aromatic rings. The van der Waals surface area contributed by atoms with Crippen LogP contribution in [0.1, 0.15) is 11.3 Å². The van der Waals surface area contributed by atoms with Crippen molar-refractivity contribution in [3.63, 3.8) is 0 Å². The van der Waals surface area contributed by atoms with Gasteiger partial charge in [-0.25, -0.2) is 4.98 Å². The molecule has 0 unspecified atom stereocenters. The van der Waals surface area contributed by atoms with Gasteiger partial charge >= 0.3 is 0 Å². The van der Waals surface area contributed by atoms with E-state index in [2.05, 4.69) is 4.98 Å². The Balaban J connectivity index is 2.90. The summed E-state index contributed by atoms with van der Waals surface area (Å²) in [5.41, 5.74) is 7.56. The number of rotatable bonds is 2. The predicted octanol–water partition coefficient (Wildman–Crippen LogP) is 1.54. The molecule has 0 spiro atoms. The molecule has 1 heterocycles. The number of nitrogens with zero attached hydrogens (tertiary/aromatic N) is 1. The van der Waals surface area contributed by atoms with E-state index < -0.39 is 0 Å². The second-order valence-corrected chi connectivity index (χ2v) is 2.80. The maximum absolute atomic E-state index is 5.67. The lowest BCUT2D eigenvalue weighted by atomic mass is 10.1. The van der Waals surface area contributed by atoms with Crippen LogP contribution in [0.5, 0.6) is 0 Å². The monoisotopic (exact) mass is 170 g/mol. The van der Waals surface area contributed by atoms with Gasteiger partial charge in [-0.1, -0.05) is 17.7 Å². The highest BCUT2D eigenvalue weighted by atomic mass is 35.5. The molecule has 1 rings (SSSR count). The second kappa shape index (κ2) is 3.69. The Morgan fingerprint density at radius 1 is 1.55 bits per heavy atom. The summed E-state index contributed by atoms with van der Waals surface area (Å²) < 4.78 is 0. The molecule has 0 atom stereocenters. The number of aromatic nitrogens is 1. The van der Waals surface area contributed by atoms with Crippen molar-refractivity contribution in [3.8, 4) is 0 Å². The fourth-order valence-corrected chi connectivity index (χ4v) is 1.17. The van der Waals surface area contributed by atoms with E-state index in [4.69, 9.17) is 17.3 Å². The van der Waals surface area contributed by atoms with Crippen molar-refractivity contribution in [1.29, 1.82) is 0 Å². The number of hydrogen-bond acceptors (Lipinski definition) is 2. The molecule has 1 aromatic heterocycles. The molecule has 0 radical (unpaired) electrons. The fourth-order valence-electron chi connectivity index (χ4n) is 0.979. The van der Waals surface area contributed by atoms with Crippen molar-refractivity contribution in [2.24, 2.45) is 5.73 Å². The number of hydrogen-bond donors (Lipinski definition) is 1. The first kappa shape index (κ1) is 8.50. The molecule has 0 aliphatic heterocycles. The molecule has 11 heavy (non-hydrogen) atoms. The number of nitrogens with two attached hydrogens (primary N) is 1. The maximum Gasteiger partial charge on any atom is 0.129 e. The highest BCUT2D eigenvalue weighted by Crippen LogP contribution is 2.10. The lowest BCUT2D eigenvalue weighted by molar-refractivity contribution is 0.939. The average Bonchev–Trinajstić information content (AvgIpc) is 1.95. The van der Waals surface area contributed by atoms with Crippen molar-refractivity contribution < 1.29 is 0 Å². The predicted molar refractivity (Wildman–Crippen MR) is 46.7 cm³/mol. The third kappa shape index (κ3) is 2.17. The zero-order valence-electron chi connectivity index (χ0n) is 6.47. The van der Waals surface area contributed by atoms with Crippen molar-refractivity contribution >= 4 is 11.6 Å². The number of pyridine rings is 1. The third-order valence-corrected chi connectivity index (χ3v) is 1.79. The van der Waals surface area contributed by atoms with Crippen LogP contribution >= 0.6 is 11.6 Å². The molecule has 0 aliphatic rings. The minimum absolute atomic E-state index is 0.545. The standard InChI is InChI=1S/C8H11ClN2/c1-6-7(4-5-10)2-3-8(9)11-6/h2-3H,4-5,10H2,1H3. The van der Waals surface area contributed by atoms with Crippen molar-refractivity contribution in [2.75, 3.05) is 6.54 Å². The summed E-state index contributed by atoms with van der Waals surface area (Å²) in [5.74, 6) is 0. The Bertz CT molecular complexity index is 248. The first-order valence-corrected chi connectivity index (χ1v) is 3.94. The SMILES string of the molecule is Cc1nc(Cl)ccc1CCN. The van der Waals surface area contributed by atoms with E-state index in [0.29, 0.717) is 11.7 Å². The van der Waals surface area contributed by atoms with Gasteiger partial charge in [-0.2, -0.15) is 0 Å². The van der Waals surface area contributed by atoms with Gasteiger partial charge in [-0.3, -0.25) is 0 Å². The van der Waals surface area contributed by atoms with E-state index in [9.17, 15) is 0 Å². The summed E-state index contributed by atoms with van der Waals surface area (Å²) in [6.07, 6.45) is 0.871. The summed E-state index contributed by atoms with van der Waals surface area (Å²) >= 11 is 5.67. The smallest absolute Gasteiger partial charge is 0.129 e. The summed E-state index contributed by atoms with van der Waals surface area (Å²) in [5, 5.41) is 0.545. The quantitative estimate of drug-likeness (QED) is 0.684. The Kier molecular flexibility index (Phi) is 2.85. The molecular weight excluding hydrogens is 160 g/mol. The summed E-state index contributed by atoms with van der Waals surface area (Å²) in [6, 6.07) is 3.76. The zero-order chi connectivity index (χ0) is 8.27. The molecule has 2 nitrogen and oxygen atoms in total. The van der Waals surface area contributed by atoms with Gasteiger partial charge in [0.2, 0.25) is 0 Å². The van der Waals surface area contributed by atoms with E-state index in [1.807, 2.05) is 13.0 Å². The van der Waals surface area contributed by atoms with Crippen LogP contribution in [0.2, 0.25) is 5.15 Å². The Morgan fingerprint density at radius 2 is 2.27 bits per heavy atom. The topological polar surface area (TPSA) is 38.9 Å². The minimum Gasteiger partial charge on any atom is -0.330 e. The Labute approximate surface area is 71.4 Å². The highest BCUT2D eigenvalue weighted by molar-refractivity contribution is 6.29. The normalized spacial score (nSPS) is 10.1. The number of aryl methyl sites for hydroxylation is 1. The van der Waals surface area contributed by atoms with Crippen molar-refractivity contribution in [3.05, 3.63) is 28.5 Å². The molecule has 0 aromatic carbocycles. The largest absolute Gasteiger partial charge is 0.330 e. The molecule has 2 N–H and O–H groups in total. The van der Waals surface area contributed by atoms with E-state index in [0.717, 1.165) is 12.1 Å². The van der Waals surface area contributed by atoms with Gasteiger partial charge in [0.1, 0.15) is 5.15 Å². The average molecular weight is 171 g/mol. The molecule has 0 saturated heterocycles. The van der Waals surface area contributed by atoms with Gasteiger partial charge in [-0.15, -0.1) is 0 Å². The lowest BCUT2D eigenvalue weighted by Gasteiger charge is -2.02. The minimum atomic E-state index is 0.545. The van der Waals surface area contributed by atoms with E-state index in [1.54, 1.807) is 6.07 Å². The van der Waals surface area contributed by atoms with Gasteiger partial charge in [0.05, 0.1) is 0 Å². The van der Waals surface area contributed by atoms with Crippen LogP contribution in [0.4, 0.5) is 0 Å². The Hall–Kier alpha value is -0.600. The summed E-state index contributed by atoms with van der Waals surface area (Å²) in [6.45, 7) is 2.60. The van der Waals surface area contributed by atoms with Gasteiger partial charge in [0, 0.05) is 5.69 Å². The zero-order valence-corrected chi connectivity index (χ0v) is 7.23. The molecule has 0 aliphatic carbocycles. The van der Waals surface area contributed by atoms with Crippen LogP contribution in [0.15, 0.2) is 12.1 Å². The summed E-state index contributed by atoms with van der Waals surface area (Å²) in [7, 11) is 0. The van der Waals surface area contributed by atoms with Gasteiger partial charge in [0.25, 0.3) is 0 Å². The fraction of sp³-hybridized carbons (Fsp3) is 0.375. The maximum atomic E-state index is 5.67. The van der Waals surface area contributed by atoms with Crippen LogP contribution in [0.3, 0.4) is 0 Å². The molecule has 0 saturated carbocycles. The molecule has 0 fully saturated rings. The second-order valence-electron chi connectivity index (χ2n) is 2.42. The van der Waals surface area contributed by atoms with E-state index in [-0.39, 0.29) is 0 Å². The van der Waals surface area contributed by atoms with Crippen LogP contribution in [-0.4, -0.2) is 11.5 Å². The third-order valence-electron chi connectivity index (χ3n) is 1.57. The Morgan fingerprint density at radius 3 is 2.82 bits per heavy atom. The van der Waals surface area contributed by atoms with Crippen molar-refractivity contribution in [1.82, 2.24) is 4.98 Å². The number of halogens is 1. The first-order valence-electron chi connectivity index (χ1n) is 3.56. The van der Waals surface area contributed by atoms with Crippen LogP contribution in [-0.2, 0) is 6.42 Å². The van der Waals surface area contributed by atoms with Gasteiger partial charge < -0.3 is 5.73 Å². The molecular formula is C8H11ClN2. The highest BCUT2D eigenvalue weighted by Gasteiger charge is 1.98. The van der Waals surface area contributed by atoms with Gasteiger partial charge in [-0.05, 0) is 31.5 Å². The van der Waals surface area contributed by atoms with Crippen LogP contribution in [0.25, 0.3) is 0 Å². The van der Waals surface area contributed by atoms with Crippen molar-refractivity contribution in [2.45, 2.75) is 13.3 Å².